The molecule has 0 saturated heterocycles. The highest BCUT2D eigenvalue weighted by atomic mass is 79.9. The summed E-state index contributed by atoms with van der Waals surface area (Å²) in [6.07, 6.45) is 7.79. The summed E-state index contributed by atoms with van der Waals surface area (Å²) in [6.45, 7) is 5.18. The number of hydrogen-bond donors (Lipinski definition) is 2. The molecule has 2 aromatic rings. The first kappa shape index (κ1) is 23.6. The van der Waals surface area contributed by atoms with Gasteiger partial charge < -0.3 is 20.1 Å². The van der Waals surface area contributed by atoms with Crippen LogP contribution in [0.25, 0.3) is 0 Å². The second kappa shape index (κ2) is 12.1. The van der Waals surface area contributed by atoms with Crippen LogP contribution in [-0.4, -0.2) is 25.2 Å². The van der Waals surface area contributed by atoms with Crippen LogP contribution >= 0.6 is 15.9 Å². The minimum atomic E-state index is -0.207. The fourth-order valence-corrected chi connectivity index (χ4v) is 4.27. The predicted molar refractivity (Wildman–Crippen MR) is 129 cm³/mol. The fourth-order valence-electron chi connectivity index (χ4n) is 3.81. The molecular formula is C25H33BrN2O3. The molecule has 2 N–H and O–H groups in total. The van der Waals surface area contributed by atoms with E-state index in [1.807, 2.05) is 50.2 Å². The number of carbonyl (C=O) groups is 1. The average molecular weight is 489 g/mol. The lowest BCUT2D eigenvalue weighted by Gasteiger charge is -2.19. The summed E-state index contributed by atoms with van der Waals surface area (Å²) in [6, 6.07) is 12.2. The Morgan fingerprint density at radius 3 is 2.39 bits per heavy atom. The summed E-state index contributed by atoms with van der Waals surface area (Å²) < 4.78 is 12.6. The van der Waals surface area contributed by atoms with Crippen molar-refractivity contribution >= 4 is 27.5 Å². The molecule has 0 aliphatic heterocycles. The van der Waals surface area contributed by atoms with Gasteiger partial charge in [-0.25, -0.2) is 0 Å². The Kier molecular flexibility index (Phi) is 9.22. The molecule has 0 spiro atoms. The van der Waals surface area contributed by atoms with Crippen LogP contribution in [-0.2, 0) is 11.3 Å². The SMILES string of the molecule is CCOc1cc(CNC2CCCCCC2)c(Br)cc1OCC(=O)Nc1ccc(C)cc1. The number of halogens is 1. The molecule has 0 atom stereocenters. The van der Waals surface area contributed by atoms with E-state index in [0.29, 0.717) is 24.1 Å². The van der Waals surface area contributed by atoms with Gasteiger partial charge in [-0.05, 0) is 56.5 Å². The molecule has 1 aliphatic rings. The van der Waals surface area contributed by atoms with Crippen LogP contribution in [0.5, 0.6) is 11.5 Å². The van der Waals surface area contributed by atoms with Crippen molar-refractivity contribution in [2.24, 2.45) is 0 Å². The highest BCUT2D eigenvalue weighted by Crippen LogP contribution is 2.34. The molecule has 5 nitrogen and oxygen atoms in total. The first-order valence-electron chi connectivity index (χ1n) is 11.2. The van der Waals surface area contributed by atoms with Gasteiger partial charge in [0.25, 0.3) is 5.91 Å². The van der Waals surface area contributed by atoms with E-state index in [2.05, 4.69) is 26.6 Å². The van der Waals surface area contributed by atoms with Crippen LogP contribution in [0.1, 0.15) is 56.6 Å². The molecule has 0 bridgehead atoms. The third kappa shape index (κ3) is 7.54. The highest BCUT2D eigenvalue weighted by Gasteiger charge is 2.15. The minimum Gasteiger partial charge on any atom is -0.490 e. The van der Waals surface area contributed by atoms with Crippen molar-refractivity contribution in [1.29, 1.82) is 0 Å². The van der Waals surface area contributed by atoms with E-state index in [4.69, 9.17) is 9.47 Å². The molecule has 2 aromatic carbocycles. The Bertz CT molecular complexity index is 847. The number of hydrogen-bond acceptors (Lipinski definition) is 4. The van der Waals surface area contributed by atoms with Gasteiger partial charge in [0.2, 0.25) is 0 Å². The Morgan fingerprint density at radius 1 is 1.03 bits per heavy atom. The monoisotopic (exact) mass is 488 g/mol. The van der Waals surface area contributed by atoms with Gasteiger partial charge in [-0.3, -0.25) is 4.79 Å². The number of carbonyl (C=O) groups excluding carboxylic acids is 1. The maximum absolute atomic E-state index is 12.3. The molecule has 3 rings (SSSR count). The van der Waals surface area contributed by atoms with Crippen molar-refractivity contribution in [2.45, 2.75) is 65.0 Å². The van der Waals surface area contributed by atoms with Gasteiger partial charge in [-0.1, -0.05) is 59.3 Å². The van der Waals surface area contributed by atoms with E-state index in [9.17, 15) is 4.79 Å². The number of rotatable bonds is 9. The fraction of sp³-hybridized carbons (Fsp3) is 0.480. The Morgan fingerprint density at radius 2 is 1.71 bits per heavy atom. The Labute approximate surface area is 194 Å². The molecule has 0 aromatic heterocycles. The third-order valence-corrected chi connectivity index (χ3v) is 6.28. The van der Waals surface area contributed by atoms with Crippen LogP contribution in [0.15, 0.2) is 40.9 Å². The zero-order valence-electron chi connectivity index (χ0n) is 18.5. The number of benzene rings is 2. The van der Waals surface area contributed by atoms with E-state index in [1.165, 1.54) is 38.5 Å². The van der Waals surface area contributed by atoms with Gasteiger partial charge in [0, 0.05) is 22.7 Å². The largest absolute Gasteiger partial charge is 0.490 e. The van der Waals surface area contributed by atoms with Crippen LogP contribution in [0, 0.1) is 6.92 Å². The van der Waals surface area contributed by atoms with Gasteiger partial charge in [-0.2, -0.15) is 0 Å². The lowest BCUT2D eigenvalue weighted by Crippen LogP contribution is -2.28. The standard InChI is InChI=1S/C25H33BrN2O3/c1-3-30-23-14-19(16-27-20-8-6-4-5-7-9-20)22(26)15-24(23)31-17-25(29)28-21-12-10-18(2)11-13-21/h10-15,20,27H,3-9,16-17H2,1-2H3,(H,28,29). The molecular weight excluding hydrogens is 456 g/mol. The van der Waals surface area contributed by atoms with Crippen molar-refractivity contribution in [1.82, 2.24) is 5.32 Å². The summed E-state index contributed by atoms with van der Waals surface area (Å²) in [5.41, 5.74) is 3.03. The lowest BCUT2D eigenvalue weighted by molar-refractivity contribution is -0.118. The van der Waals surface area contributed by atoms with Crippen LogP contribution in [0.2, 0.25) is 0 Å². The van der Waals surface area contributed by atoms with E-state index in [0.717, 1.165) is 27.8 Å². The normalized spacial score (nSPS) is 14.7. The summed E-state index contributed by atoms with van der Waals surface area (Å²) >= 11 is 3.66. The molecule has 0 unspecified atom stereocenters. The van der Waals surface area contributed by atoms with Gasteiger partial charge in [-0.15, -0.1) is 0 Å². The maximum Gasteiger partial charge on any atom is 0.262 e. The molecule has 0 heterocycles. The third-order valence-electron chi connectivity index (χ3n) is 5.54. The van der Waals surface area contributed by atoms with E-state index < -0.39 is 0 Å². The van der Waals surface area contributed by atoms with Crippen molar-refractivity contribution < 1.29 is 14.3 Å². The summed E-state index contributed by atoms with van der Waals surface area (Å²) in [5, 5.41) is 6.55. The zero-order valence-corrected chi connectivity index (χ0v) is 20.1. The first-order chi connectivity index (χ1) is 15.0. The number of amides is 1. The smallest absolute Gasteiger partial charge is 0.262 e. The van der Waals surface area contributed by atoms with Crippen LogP contribution < -0.4 is 20.1 Å². The van der Waals surface area contributed by atoms with Crippen LogP contribution in [0.4, 0.5) is 5.69 Å². The second-order valence-corrected chi connectivity index (χ2v) is 8.95. The first-order valence-corrected chi connectivity index (χ1v) is 12.0. The summed E-state index contributed by atoms with van der Waals surface area (Å²) in [5.74, 6) is 1.01. The highest BCUT2D eigenvalue weighted by molar-refractivity contribution is 9.10. The number of anilines is 1. The Hall–Kier alpha value is -2.05. The molecule has 1 amide bonds. The summed E-state index contributed by atoms with van der Waals surface area (Å²) in [4.78, 5) is 12.3. The number of ether oxygens (including phenoxy) is 2. The average Bonchev–Trinajstić information content (AvgIpc) is 3.03. The minimum absolute atomic E-state index is 0.0833. The summed E-state index contributed by atoms with van der Waals surface area (Å²) in [7, 11) is 0. The quantitative estimate of drug-likeness (QED) is 0.425. The van der Waals surface area contributed by atoms with Crippen molar-refractivity contribution in [3.8, 4) is 11.5 Å². The van der Waals surface area contributed by atoms with E-state index in [1.54, 1.807) is 0 Å². The van der Waals surface area contributed by atoms with Gasteiger partial charge in [0.1, 0.15) is 0 Å². The molecule has 1 aliphatic carbocycles. The molecule has 168 valence electrons. The van der Waals surface area contributed by atoms with Crippen molar-refractivity contribution in [2.75, 3.05) is 18.5 Å². The number of nitrogens with one attached hydrogen (secondary N) is 2. The van der Waals surface area contributed by atoms with E-state index >= 15 is 0 Å². The van der Waals surface area contributed by atoms with Crippen molar-refractivity contribution in [3.63, 3.8) is 0 Å². The van der Waals surface area contributed by atoms with Gasteiger partial charge in [0.05, 0.1) is 6.61 Å². The van der Waals surface area contributed by atoms with Crippen LogP contribution in [0.3, 0.4) is 0 Å². The maximum atomic E-state index is 12.3. The zero-order chi connectivity index (χ0) is 22.1. The topological polar surface area (TPSA) is 59.6 Å². The number of aryl methyl sites for hydroxylation is 1. The molecule has 1 fully saturated rings. The Balaban J connectivity index is 1.60. The van der Waals surface area contributed by atoms with Gasteiger partial charge >= 0.3 is 0 Å². The lowest BCUT2D eigenvalue weighted by atomic mass is 10.1. The van der Waals surface area contributed by atoms with Gasteiger partial charge in [0.15, 0.2) is 18.1 Å². The molecule has 1 saturated carbocycles. The second-order valence-electron chi connectivity index (χ2n) is 8.10. The molecule has 6 heteroatoms. The van der Waals surface area contributed by atoms with Crippen molar-refractivity contribution in [3.05, 3.63) is 52.0 Å². The van der Waals surface area contributed by atoms with E-state index in [-0.39, 0.29) is 12.5 Å². The molecule has 31 heavy (non-hydrogen) atoms. The predicted octanol–water partition coefficient (Wildman–Crippen LogP) is 5.99. The molecule has 0 radical (unpaired) electrons.